The molecule has 2 heterocycles. The second-order valence-corrected chi connectivity index (χ2v) is 5.84. The molecule has 1 atom stereocenters. The Hall–Kier alpha value is -2.37. The van der Waals surface area contributed by atoms with E-state index in [0.717, 1.165) is 24.9 Å². The summed E-state index contributed by atoms with van der Waals surface area (Å²) in [5.41, 5.74) is 1.71. The van der Waals surface area contributed by atoms with Crippen molar-refractivity contribution in [1.29, 1.82) is 0 Å². The summed E-state index contributed by atoms with van der Waals surface area (Å²) in [4.78, 5) is 14.5. The van der Waals surface area contributed by atoms with Gasteiger partial charge in [-0.3, -0.25) is 9.48 Å². The van der Waals surface area contributed by atoms with E-state index in [4.69, 9.17) is 4.74 Å². The van der Waals surface area contributed by atoms with Crippen LogP contribution in [0.25, 0.3) is 0 Å². The average Bonchev–Trinajstić information content (AvgIpc) is 3.15. The minimum atomic E-state index is -0.442. The largest absolute Gasteiger partial charge is 0.494 e. The fraction of sp³-hybridized carbons (Fsp3) is 0.412. The molecule has 2 aromatic rings. The molecular formula is C17H20FN3O2. The standard InChI is InChI=1S/C17H20FN3O2/c1-20-11-13(10-19-20)15-4-3-7-21(15)17(22)9-12-5-6-16(23-2)14(18)8-12/h5-6,8,10-11,15H,3-4,7,9H2,1-2H3. The summed E-state index contributed by atoms with van der Waals surface area (Å²) in [6, 6.07) is 4.72. The summed E-state index contributed by atoms with van der Waals surface area (Å²) < 4.78 is 20.4. The molecule has 1 saturated heterocycles. The van der Waals surface area contributed by atoms with Crippen molar-refractivity contribution in [3.8, 4) is 5.75 Å². The Labute approximate surface area is 134 Å². The molecule has 0 bridgehead atoms. The summed E-state index contributed by atoms with van der Waals surface area (Å²) >= 11 is 0. The van der Waals surface area contributed by atoms with Crippen LogP contribution in [0.1, 0.15) is 30.0 Å². The van der Waals surface area contributed by atoms with E-state index < -0.39 is 5.82 Å². The number of rotatable bonds is 4. The second-order valence-electron chi connectivity index (χ2n) is 5.84. The van der Waals surface area contributed by atoms with Crippen LogP contribution in [-0.4, -0.2) is 34.2 Å². The highest BCUT2D eigenvalue weighted by Crippen LogP contribution is 2.32. The number of halogens is 1. The van der Waals surface area contributed by atoms with E-state index >= 15 is 0 Å². The maximum Gasteiger partial charge on any atom is 0.227 e. The molecule has 1 aliphatic heterocycles. The number of hydrogen-bond acceptors (Lipinski definition) is 3. The van der Waals surface area contributed by atoms with E-state index in [0.29, 0.717) is 5.56 Å². The predicted octanol–water partition coefficient (Wildman–Crippen LogP) is 2.47. The van der Waals surface area contributed by atoms with Crippen molar-refractivity contribution >= 4 is 5.91 Å². The number of benzene rings is 1. The number of carbonyl (C=O) groups excluding carboxylic acids is 1. The van der Waals surface area contributed by atoms with Crippen LogP contribution < -0.4 is 4.74 Å². The minimum absolute atomic E-state index is 0.0147. The second kappa shape index (κ2) is 6.40. The number of nitrogens with zero attached hydrogens (tertiary/aromatic N) is 3. The quantitative estimate of drug-likeness (QED) is 0.870. The summed E-state index contributed by atoms with van der Waals surface area (Å²) in [5, 5.41) is 4.18. The fourth-order valence-electron chi connectivity index (χ4n) is 3.12. The molecule has 3 rings (SSSR count). The summed E-state index contributed by atoms with van der Waals surface area (Å²) in [6.07, 6.45) is 5.86. The molecule has 1 aromatic heterocycles. The molecule has 23 heavy (non-hydrogen) atoms. The molecule has 0 N–H and O–H groups in total. The van der Waals surface area contributed by atoms with Crippen LogP contribution in [0.15, 0.2) is 30.6 Å². The third kappa shape index (κ3) is 3.21. The number of aromatic nitrogens is 2. The van der Waals surface area contributed by atoms with Gasteiger partial charge in [-0.1, -0.05) is 6.07 Å². The van der Waals surface area contributed by atoms with Gasteiger partial charge in [0.25, 0.3) is 0 Å². The number of likely N-dealkylation sites (tertiary alicyclic amines) is 1. The Morgan fingerprint density at radius 2 is 2.30 bits per heavy atom. The topological polar surface area (TPSA) is 47.4 Å². The SMILES string of the molecule is COc1ccc(CC(=O)N2CCCC2c2cnn(C)c2)cc1F. The van der Waals surface area contributed by atoms with Gasteiger partial charge in [0.05, 0.1) is 25.8 Å². The first-order valence-corrected chi connectivity index (χ1v) is 7.69. The number of ether oxygens (including phenoxy) is 1. The maximum absolute atomic E-state index is 13.8. The molecule has 122 valence electrons. The van der Waals surface area contributed by atoms with Crippen molar-refractivity contribution in [3.05, 3.63) is 47.5 Å². The van der Waals surface area contributed by atoms with Gasteiger partial charge in [-0.25, -0.2) is 4.39 Å². The Kier molecular flexibility index (Phi) is 4.32. The lowest BCUT2D eigenvalue weighted by molar-refractivity contribution is -0.131. The monoisotopic (exact) mass is 317 g/mol. The maximum atomic E-state index is 13.8. The van der Waals surface area contributed by atoms with Gasteiger partial charge in [0.2, 0.25) is 5.91 Å². The lowest BCUT2D eigenvalue weighted by atomic mass is 10.1. The number of carbonyl (C=O) groups is 1. The summed E-state index contributed by atoms with van der Waals surface area (Å²) in [6.45, 7) is 0.733. The minimum Gasteiger partial charge on any atom is -0.494 e. The van der Waals surface area contributed by atoms with E-state index in [-0.39, 0.29) is 24.1 Å². The van der Waals surface area contributed by atoms with Crippen molar-refractivity contribution in [2.75, 3.05) is 13.7 Å². The highest BCUT2D eigenvalue weighted by Gasteiger charge is 2.30. The van der Waals surface area contributed by atoms with Crippen LogP contribution in [0, 0.1) is 5.82 Å². The van der Waals surface area contributed by atoms with Crippen LogP contribution in [0.5, 0.6) is 5.75 Å². The van der Waals surface area contributed by atoms with Crippen LogP contribution in [0.4, 0.5) is 4.39 Å². The van der Waals surface area contributed by atoms with E-state index in [1.165, 1.54) is 13.2 Å². The van der Waals surface area contributed by atoms with Gasteiger partial charge in [0.1, 0.15) is 0 Å². The molecule has 1 amide bonds. The van der Waals surface area contributed by atoms with Crippen LogP contribution in [-0.2, 0) is 18.3 Å². The third-order valence-electron chi connectivity index (χ3n) is 4.25. The van der Waals surface area contributed by atoms with Gasteiger partial charge in [0.15, 0.2) is 11.6 Å². The van der Waals surface area contributed by atoms with Gasteiger partial charge in [-0.15, -0.1) is 0 Å². The molecule has 0 saturated carbocycles. The Bertz CT molecular complexity index is 714. The molecule has 1 aliphatic rings. The molecule has 1 fully saturated rings. The van der Waals surface area contributed by atoms with Crippen LogP contribution in [0.3, 0.4) is 0 Å². The number of amides is 1. The highest BCUT2D eigenvalue weighted by atomic mass is 19.1. The summed E-state index contributed by atoms with van der Waals surface area (Å²) in [5.74, 6) is -0.237. The first-order valence-electron chi connectivity index (χ1n) is 7.69. The van der Waals surface area contributed by atoms with Gasteiger partial charge < -0.3 is 9.64 Å². The van der Waals surface area contributed by atoms with E-state index in [1.807, 2.05) is 24.3 Å². The normalized spacial score (nSPS) is 17.5. The van der Waals surface area contributed by atoms with Crippen molar-refractivity contribution in [2.24, 2.45) is 7.05 Å². The van der Waals surface area contributed by atoms with Gasteiger partial charge in [0, 0.05) is 25.4 Å². The molecule has 5 nitrogen and oxygen atoms in total. The number of aryl methyl sites for hydroxylation is 1. The van der Waals surface area contributed by atoms with E-state index in [2.05, 4.69) is 5.10 Å². The van der Waals surface area contributed by atoms with Crippen molar-refractivity contribution in [2.45, 2.75) is 25.3 Å². The summed E-state index contributed by atoms with van der Waals surface area (Å²) in [7, 11) is 3.29. The number of hydrogen-bond donors (Lipinski definition) is 0. The molecule has 0 spiro atoms. The molecule has 0 radical (unpaired) electrons. The van der Waals surface area contributed by atoms with Crippen molar-refractivity contribution in [3.63, 3.8) is 0 Å². The zero-order chi connectivity index (χ0) is 16.4. The smallest absolute Gasteiger partial charge is 0.227 e. The van der Waals surface area contributed by atoms with Gasteiger partial charge >= 0.3 is 0 Å². The van der Waals surface area contributed by atoms with Crippen LogP contribution in [0.2, 0.25) is 0 Å². The van der Waals surface area contributed by atoms with E-state index in [9.17, 15) is 9.18 Å². The average molecular weight is 317 g/mol. The fourth-order valence-corrected chi connectivity index (χ4v) is 3.12. The molecule has 1 aromatic carbocycles. The lowest BCUT2D eigenvalue weighted by Crippen LogP contribution is -2.31. The van der Waals surface area contributed by atoms with E-state index in [1.54, 1.807) is 16.8 Å². The number of methoxy groups -OCH3 is 1. The first kappa shape index (κ1) is 15.5. The zero-order valence-corrected chi connectivity index (χ0v) is 13.3. The van der Waals surface area contributed by atoms with Crippen molar-refractivity contribution in [1.82, 2.24) is 14.7 Å². The third-order valence-corrected chi connectivity index (χ3v) is 4.25. The predicted molar refractivity (Wildman–Crippen MR) is 83.6 cm³/mol. The Morgan fingerprint density at radius 1 is 1.48 bits per heavy atom. The molecule has 1 unspecified atom stereocenters. The van der Waals surface area contributed by atoms with Crippen molar-refractivity contribution < 1.29 is 13.9 Å². The Balaban J connectivity index is 1.73. The van der Waals surface area contributed by atoms with Crippen LogP contribution >= 0.6 is 0 Å². The molecule has 6 heteroatoms. The molecule has 0 aliphatic carbocycles. The lowest BCUT2D eigenvalue weighted by Gasteiger charge is -2.24. The van der Waals surface area contributed by atoms with Gasteiger partial charge in [-0.2, -0.15) is 5.10 Å². The Morgan fingerprint density at radius 3 is 2.96 bits per heavy atom. The zero-order valence-electron chi connectivity index (χ0n) is 13.3. The highest BCUT2D eigenvalue weighted by molar-refractivity contribution is 5.79. The van der Waals surface area contributed by atoms with Gasteiger partial charge in [-0.05, 0) is 30.5 Å². The molecular weight excluding hydrogens is 297 g/mol. The first-order chi connectivity index (χ1) is 11.1.